The number of nitrogens with zero attached hydrogens (tertiary/aromatic N) is 2. The van der Waals surface area contributed by atoms with Crippen LogP contribution in [0.25, 0.3) is 0 Å². The first kappa shape index (κ1) is 24.4. The Labute approximate surface area is 207 Å². The first-order valence-electron chi connectivity index (χ1n) is 11.5. The van der Waals surface area contributed by atoms with Crippen molar-refractivity contribution in [3.8, 4) is 0 Å². The smallest absolute Gasteiger partial charge is 0.344 e. The Hall–Kier alpha value is -1.75. The number of nitrogens with one attached hydrogen (secondary N) is 1. The molecule has 33 heavy (non-hydrogen) atoms. The van der Waals surface area contributed by atoms with E-state index in [-0.39, 0.29) is 40.8 Å². The molecule has 2 aromatic heterocycles. The van der Waals surface area contributed by atoms with Gasteiger partial charge in [0.2, 0.25) is 0 Å². The number of amides is 1. The number of aryl methyl sites for hydroxylation is 1. The third kappa shape index (κ3) is 4.76. The second-order valence-electron chi connectivity index (χ2n) is 9.51. The lowest BCUT2D eigenvalue weighted by atomic mass is 9.83. The van der Waals surface area contributed by atoms with E-state index >= 15 is 0 Å². The molecule has 4 fully saturated rings. The molecule has 2 atom stereocenters. The van der Waals surface area contributed by atoms with E-state index in [1.165, 1.54) is 11.3 Å². The molecule has 4 aliphatic rings. The van der Waals surface area contributed by atoms with Crippen LogP contribution in [0.4, 0.5) is 5.82 Å². The fourth-order valence-electron chi connectivity index (χ4n) is 5.29. The number of piperidine rings is 3. The molecule has 6 rings (SSSR count). The number of halogens is 1. The lowest BCUT2D eigenvalue weighted by Crippen LogP contribution is -3.00. The molecule has 1 amide bonds. The van der Waals surface area contributed by atoms with Gasteiger partial charge in [-0.15, -0.1) is 11.3 Å². The lowest BCUT2D eigenvalue weighted by molar-refractivity contribution is -0.939. The van der Waals surface area contributed by atoms with Crippen molar-refractivity contribution in [2.75, 3.05) is 31.5 Å². The number of quaternary nitrogens is 1. The van der Waals surface area contributed by atoms with E-state index in [0.29, 0.717) is 28.3 Å². The summed E-state index contributed by atoms with van der Waals surface area (Å²) in [7, 11) is 0. The van der Waals surface area contributed by atoms with Crippen molar-refractivity contribution in [2.45, 2.75) is 50.7 Å². The zero-order valence-electron chi connectivity index (χ0n) is 18.7. The van der Waals surface area contributed by atoms with Crippen molar-refractivity contribution in [3.63, 3.8) is 0 Å². The lowest BCUT2D eigenvalue weighted by Gasteiger charge is -2.51. The molecule has 0 spiro atoms. The molecule has 1 unspecified atom stereocenters. The van der Waals surface area contributed by atoms with E-state index < -0.39 is 11.6 Å². The molecule has 0 aromatic carbocycles. The number of aromatic nitrogens is 1. The summed E-state index contributed by atoms with van der Waals surface area (Å²) >= 11 is 1.39. The van der Waals surface area contributed by atoms with E-state index in [9.17, 15) is 14.7 Å². The van der Waals surface area contributed by atoms with E-state index in [1.807, 2.05) is 24.4 Å². The Balaban J connectivity index is 0.00000259. The Morgan fingerprint density at radius 1 is 1.33 bits per heavy atom. The molecule has 5 heterocycles. The predicted octanol–water partition coefficient (Wildman–Crippen LogP) is -0.309. The molecular formula is C23H30BrN3O5S. The van der Waals surface area contributed by atoms with Crippen molar-refractivity contribution in [3.05, 3.63) is 34.2 Å². The summed E-state index contributed by atoms with van der Waals surface area (Å²) in [5.74, 6) is 0.742. The highest BCUT2D eigenvalue weighted by Crippen LogP contribution is 2.48. The van der Waals surface area contributed by atoms with Crippen molar-refractivity contribution < 1.29 is 45.4 Å². The summed E-state index contributed by atoms with van der Waals surface area (Å²) in [6, 6.07) is 5.41. The summed E-state index contributed by atoms with van der Waals surface area (Å²) in [6.07, 6.45) is 3.93. The molecule has 2 aromatic rings. The molecule has 3 aliphatic heterocycles. The number of carbonyl (C=O) groups excluding carboxylic acids is 2. The van der Waals surface area contributed by atoms with Crippen molar-refractivity contribution >= 4 is 29.0 Å². The standard InChI is InChI=1S/C23H29N3O5S.BrH/c1-2-17-12-20(25-31-17)24-21(27)14-26-9-7-15(8-10-26)18(13-26)30-22(28)23(29,16-5-6-16)19-4-3-11-32-19;/h3-4,11-12,15-16,18,29H,2,5-10,13-14H2,1H3;1H/t15?,18?,23-,26?;/m0./s1. The van der Waals surface area contributed by atoms with Gasteiger partial charge in [-0.1, -0.05) is 18.1 Å². The molecule has 10 heteroatoms. The van der Waals surface area contributed by atoms with E-state index in [2.05, 4.69) is 10.5 Å². The molecular weight excluding hydrogens is 510 g/mol. The quantitative estimate of drug-likeness (QED) is 0.352. The van der Waals surface area contributed by atoms with Gasteiger partial charge in [-0.2, -0.15) is 0 Å². The van der Waals surface area contributed by atoms with Gasteiger partial charge in [-0.3, -0.25) is 4.79 Å². The molecule has 180 valence electrons. The third-order valence-corrected chi connectivity index (χ3v) is 8.32. The van der Waals surface area contributed by atoms with Crippen LogP contribution in [0.5, 0.6) is 0 Å². The average Bonchev–Trinajstić information content (AvgIpc) is 3.30. The normalized spacial score (nSPS) is 27.9. The van der Waals surface area contributed by atoms with Crippen LogP contribution < -0.4 is 22.3 Å². The highest BCUT2D eigenvalue weighted by molar-refractivity contribution is 7.10. The van der Waals surface area contributed by atoms with Crippen molar-refractivity contribution in [2.24, 2.45) is 11.8 Å². The van der Waals surface area contributed by atoms with Crippen molar-refractivity contribution in [1.29, 1.82) is 0 Å². The minimum atomic E-state index is -1.55. The topological polar surface area (TPSA) is 102 Å². The number of esters is 1. The van der Waals surface area contributed by atoms with Crippen LogP contribution >= 0.6 is 11.3 Å². The number of hydrogen-bond donors (Lipinski definition) is 2. The zero-order chi connectivity index (χ0) is 22.3. The first-order valence-corrected chi connectivity index (χ1v) is 12.4. The number of hydrogen-bond acceptors (Lipinski definition) is 7. The number of carbonyl (C=O) groups is 2. The molecule has 1 aliphatic carbocycles. The maximum atomic E-state index is 13.2. The van der Waals surface area contributed by atoms with Gasteiger partial charge < -0.3 is 41.1 Å². The number of ether oxygens (including phenoxy) is 1. The highest BCUT2D eigenvalue weighted by atomic mass is 79.9. The van der Waals surface area contributed by atoms with Crippen molar-refractivity contribution in [1.82, 2.24) is 5.16 Å². The van der Waals surface area contributed by atoms with Crippen LogP contribution in [0.15, 0.2) is 28.1 Å². The van der Waals surface area contributed by atoms with Gasteiger partial charge in [-0.25, -0.2) is 4.79 Å². The van der Waals surface area contributed by atoms with E-state index in [0.717, 1.165) is 51.0 Å². The molecule has 1 saturated carbocycles. The maximum Gasteiger partial charge on any atom is 0.344 e. The van der Waals surface area contributed by atoms with E-state index in [4.69, 9.17) is 9.26 Å². The zero-order valence-corrected chi connectivity index (χ0v) is 21.1. The van der Waals surface area contributed by atoms with Gasteiger partial charge >= 0.3 is 5.97 Å². The number of aliphatic hydroxyl groups is 1. The largest absolute Gasteiger partial charge is 1.00 e. The van der Waals surface area contributed by atoms with Crippen LogP contribution in [0.1, 0.15) is 43.2 Å². The van der Waals surface area contributed by atoms with Gasteiger partial charge in [0.15, 0.2) is 24.1 Å². The highest BCUT2D eigenvalue weighted by Gasteiger charge is 2.55. The molecule has 2 bridgehead atoms. The number of fused-ring (bicyclic) bond motifs is 3. The van der Waals surface area contributed by atoms with Crippen LogP contribution in [0.2, 0.25) is 0 Å². The summed E-state index contributed by atoms with van der Waals surface area (Å²) in [6.45, 7) is 4.67. The summed E-state index contributed by atoms with van der Waals surface area (Å²) < 4.78 is 11.8. The predicted molar refractivity (Wildman–Crippen MR) is 118 cm³/mol. The number of rotatable bonds is 8. The number of thiophene rings is 1. The Bertz CT molecular complexity index is 984. The molecule has 8 nitrogen and oxygen atoms in total. The fourth-order valence-corrected chi connectivity index (χ4v) is 6.19. The SMILES string of the molecule is CCc1cc(NC(=O)C[N+]23CCC(CC2)C(OC(=O)[C@@](O)(c2cccs2)C2CC2)C3)no1.[Br-]. The molecule has 2 N–H and O–H groups in total. The minimum absolute atomic E-state index is 0. The van der Waals surface area contributed by atoms with Crippen LogP contribution in [-0.2, 0) is 26.3 Å². The minimum Gasteiger partial charge on any atom is -1.00 e. The Morgan fingerprint density at radius 3 is 2.70 bits per heavy atom. The summed E-state index contributed by atoms with van der Waals surface area (Å²) in [4.78, 5) is 26.6. The van der Waals surface area contributed by atoms with Gasteiger partial charge in [0.05, 0.1) is 13.1 Å². The van der Waals surface area contributed by atoms with Crippen LogP contribution in [-0.4, -0.2) is 58.9 Å². The van der Waals surface area contributed by atoms with Gasteiger partial charge in [0.25, 0.3) is 5.91 Å². The van der Waals surface area contributed by atoms with Gasteiger partial charge in [0, 0.05) is 42.0 Å². The second-order valence-corrected chi connectivity index (χ2v) is 10.5. The monoisotopic (exact) mass is 539 g/mol. The summed E-state index contributed by atoms with van der Waals surface area (Å²) in [5, 5.41) is 19.9. The number of anilines is 1. The average molecular weight is 540 g/mol. The third-order valence-electron chi connectivity index (χ3n) is 7.33. The van der Waals surface area contributed by atoms with Crippen LogP contribution in [0.3, 0.4) is 0 Å². The van der Waals surface area contributed by atoms with Gasteiger partial charge in [-0.05, 0) is 24.3 Å². The second kappa shape index (κ2) is 9.48. The Morgan fingerprint density at radius 2 is 2.09 bits per heavy atom. The van der Waals surface area contributed by atoms with E-state index in [1.54, 1.807) is 6.07 Å². The van der Waals surface area contributed by atoms with Crippen LogP contribution in [0, 0.1) is 11.8 Å². The fraction of sp³-hybridized carbons (Fsp3) is 0.609. The van der Waals surface area contributed by atoms with Gasteiger partial charge in [0.1, 0.15) is 12.3 Å². The Kier molecular flexibility index (Phi) is 7.00. The maximum absolute atomic E-state index is 13.2. The summed E-state index contributed by atoms with van der Waals surface area (Å²) in [5.41, 5.74) is -1.55. The first-order chi connectivity index (χ1) is 15.4. The molecule has 3 saturated heterocycles. The molecule has 0 radical (unpaired) electrons.